The van der Waals surface area contributed by atoms with E-state index in [9.17, 15) is 4.79 Å². The van der Waals surface area contributed by atoms with Crippen molar-refractivity contribution in [2.45, 2.75) is 33.0 Å². The number of halogens is 3. The van der Waals surface area contributed by atoms with Gasteiger partial charge in [0.25, 0.3) is 0 Å². The number of hydrogen-bond donors (Lipinski definition) is 0. The highest BCUT2D eigenvalue weighted by Gasteiger charge is 2.26. The first-order chi connectivity index (χ1) is 16.6. The van der Waals surface area contributed by atoms with Gasteiger partial charge in [-0.1, -0.05) is 47.5 Å². The minimum Gasteiger partial charge on any atom is -0.497 e. The predicted octanol–water partition coefficient (Wildman–Crippen LogP) is 7.43. The molecule has 4 rings (SSSR count). The topological polar surface area (TPSA) is 75.5 Å². The molecule has 0 saturated heterocycles. The van der Waals surface area contributed by atoms with E-state index >= 15 is 0 Å². The van der Waals surface area contributed by atoms with E-state index in [1.165, 1.54) is 4.57 Å². The van der Waals surface area contributed by atoms with Gasteiger partial charge in [-0.25, -0.2) is 9.36 Å². The Balaban J connectivity index is 1.87. The van der Waals surface area contributed by atoms with Gasteiger partial charge in [-0.15, -0.1) is 0 Å². The van der Waals surface area contributed by atoms with Gasteiger partial charge in [-0.3, -0.25) is 0 Å². The number of hydrogen-bond acceptors (Lipinski definition) is 6. The van der Waals surface area contributed by atoms with Crippen LogP contribution in [0.1, 0.15) is 26.3 Å². The Bertz CT molecular complexity index is 1400. The summed E-state index contributed by atoms with van der Waals surface area (Å²) in [5, 5.41) is 1.03. The molecular formula is C25H22Cl3N3O4. The molecule has 0 amide bonds. The van der Waals surface area contributed by atoms with Crippen molar-refractivity contribution < 1.29 is 19.0 Å². The van der Waals surface area contributed by atoms with Crippen LogP contribution in [-0.4, -0.2) is 33.3 Å². The minimum atomic E-state index is -0.730. The van der Waals surface area contributed by atoms with Gasteiger partial charge in [0, 0.05) is 17.3 Å². The lowest BCUT2D eigenvalue weighted by atomic mass is 10.1. The van der Waals surface area contributed by atoms with Gasteiger partial charge in [0.2, 0.25) is 11.2 Å². The zero-order valence-electron chi connectivity index (χ0n) is 19.4. The van der Waals surface area contributed by atoms with Crippen molar-refractivity contribution in [3.63, 3.8) is 0 Å². The smallest absolute Gasteiger partial charge is 0.420 e. The van der Waals surface area contributed by atoms with Crippen LogP contribution >= 0.6 is 34.8 Å². The van der Waals surface area contributed by atoms with E-state index in [0.717, 1.165) is 11.3 Å². The van der Waals surface area contributed by atoms with E-state index < -0.39 is 11.7 Å². The van der Waals surface area contributed by atoms with Crippen LogP contribution in [0.4, 0.5) is 4.79 Å². The first-order valence-corrected chi connectivity index (χ1v) is 11.7. The van der Waals surface area contributed by atoms with Crippen molar-refractivity contribution in [3.05, 3.63) is 69.6 Å². The van der Waals surface area contributed by atoms with Crippen molar-refractivity contribution in [3.8, 4) is 22.8 Å². The molecule has 0 saturated carbocycles. The zero-order valence-corrected chi connectivity index (χ0v) is 21.7. The summed E-state index contributed by atoms with van der Waals surface area (Å²) in [4.78, 5) is 21.7. The average Bonchev–Trinajstić information content (AvgIpc) is 3.18. The second-order valence-corrected chi connectivity index (χ2v) is 9.75. The van der Waals surface area contributed by atoms with Crippen LogP contribution < -0.4 is 9.47 Å². The normalized spacial score (nSPS) is 11.5. The molecule has 10 heteroatoms. The Morgan fingerprint density at radius 1 is 1.00 bits per heavy atom. The second kappa shape index (κ2) is 9.93. The lowest BCUT2D eigenvalue weighted by Gasteiger charge is -2.19. The lowest BCUT2D eigenvalue weighted by molar-refractivity contribution is 0.0543. The van der Waals surface area contributed by atoms with Crippen LogP contribution in [-0.2, 0) is 11.3 Å². The molecule has 35 heavy (non-hydrogen) atoms. The highest BCUT2D eigenvalue weighted by atomic mass is 35.5. The maximum absolute atomic E-state index is 13.1. The van der Waals surface area contributed by atoms with E-state index in [4.69, 9.17) is 49.0 Å². The standard InChI is InChI=1S/C25H22Cl3N3O4/c1-25(2,3)35-24(32)31-12-17(16-6-5-7-18(26)20(16)27)19-21(31)29-23(28)30-22(19)34-13-14-8-10-15(33-4)11-9-14/h5-12H,13H2,1-4H3. The molecule has 0 bridgehead atoms. The molecule has 0 atom stereocenters. The van der Waals surface area contributed by atoms with Gasteiger partial charge >= 0.3 is 6.09 Å². The number of carbonyl (C=O) groups is 1. The molecule has 182 valence electrons. The maximum atomic E-state index is 13.1. The number of methoxy groups -OCH3 is 1. The SMILES string of the molecule is COc1ccc(COc2nc(Cl)nc3c2c(-c2cccc(Cl)c2Cl)cn3C(=O)OC(C)(C)C)cc1. The number of nitrogens with zero attached hydrogens (tertiary/aromatic N) is 3. The van der Waals surface area contributed by atoms with Gasteiger partial charge in [-0.2, -0.15) is 9.97 Å². The number of fused-ring (bicyclic) bond motifs is 1. The number of carbonyl (C=O) groups excluding carboxylic acids is 1. The van der Waals surface area contributed by atoms with Crippen LogP contribution in [0.15, 0.2) is 48.7 Å². The van der Waals surface area contributed by atoms with Gasteiger partial charge in [0.15, 0.2) is 5.65 Å². The molecule has 0 spiro atoms. The quantitative estimate of drug-likeness (QED) is 0.248. The minimum absolute atomic E-state index is 0.0890. The van der Waals surface area contributed by atoms with E-state index in [1.807, 2.05) is 24.3 Å². The average molecular weight is 535 g/mol. The molecule has 0 aliphatic carbocycles. The zero-order chi connectivity index (χ0) is 25.3. The molecule has 0 radical (unpaired) electrons. The lowest BCUT2D eigenvalue weighted by Crippen LogP contribution is -2.26. The molecule has 0 aliphatic rings. The van der Waals surface area contributed by atoms with Crippen LogP contribution in [0, 0.1) is 0 Å². The fourth-order valence-electron chi connectivity index (χ4n) is 3.41. The highest BCUT2D eigenvalue weighted by molar-refractivity contribution is 6.44. The van der Waals surface area contributed by atoms with Crippen molar-refractivity contribution in [1.29, 1.82) is 0 Å². The molecule has 4 aromatic rings. The Morgan fingerprint density at radius 2 is 1.71 bits per heavy atom. The summed E-state index contributed by atoms with van der Waals surface area (Å²) >= 11 is 19.0. The molecule has 2 heterocycles. The largest absolute Gasteiger partial charge is 0.497 e. The van der Waals surface area contributed by atoms with Gasteiger partial charge in [0.1, 0.15) is 18.0 Å². The van der Waals surface area contributed by atoms with Crippen molar-refractivity contribution in [2.75, 3.05) is 7.11 Å². The number of benzene rings is 2. The summed E-state index contributed by atoms with van der Waals surface area (Å²) in [5.41, 5.74) is 1.48. The van der Waals surface area contributed by atoms with E-state index in [2.05, 4.69) is 9.97 Å². The predicted molar refractivity (Wildman–Crippen MR) is 137 cm³/mol. The van der Waals surface area contributed by atoms with Gasteiger partial charge in [-0.05, 0) is 56.1 Å². The third-order valence-electron chi connectivity index (χ3n) is 4.95. The summed E-state index contributed by atoms with van der Waals surface area (Å²) in [6.07, 6.45) is 0.935. The Labute approximate surface area is 217 Å². The molecule has 0 unspecified atom stereocenters. The van der Waals surface area contributed by atoms with Crippen LogP contribution in [0.3, 0.4) is 0 Å². The third-order valence-corrected chi connectivity index (χ3v) is 5.94. The number of ether oxygens (including phenoxy) is 3. The molecule has 0 N–H and O–H groups in total. The summed E-state index contributed by atoms with van der Waals surface area (Å²) in [6.45, 7) is 5.51. The van der Waals surface area contributed by atoms with Crippen molar-refractivity contribution >= 4 is 51.9 Å². The fraction of sp³-hybridized carbons (Fsp3) is 0.240. The van der Waals surface area contributed by atoms with E-state index in [-0.39, 0.29) is 23.4 Å². The third kappa shape index (κ3) is 5.48. The first kappa shape index (κ1) is 25.1. The molecule has 2 aromatic heterocycles. The van der Waals surface area contributed by atoms with E-state index in [1.54, 1.807) is 52.3 Å². The summed E-state index contributed by atoms with van der Waals surface area (Å²) in [5.74, 6) is 0.915. The first-order valence-electron chi connectivity index (χ1n) is 10.6. The van der Waals surface area contributed by atoms with Crippen LogP contribution in [0.5, 0.6) is 11.6 Å². The molecule has 0 fully saturated rings. The highest BCUT2D eigenvalue weighted by Crippen LogP contribution is 2.41. The van der Waals surface area contributed by atoms with Crippen molar-refractivity contribution in [2.24, 2.45) is 0 Å². The Hall–Kier alpha value is -3.00. The van der Waals surface area contributed by atoms with Gasteiger partial charge in [0.05, 0.1) is 22.5 Å². The van der Waals surface area contributed by atoms with Crippen LogP contribution in [0.2, 0.25) is 15.3 Å². The van der Waals surface area contributed by atoms with Gasteiger partial charge < -0.3 is 14.2 Å². The number of aromatic nitrogens is 3. The molecule has 0 aliphatic heterocycles. The number of rotatable bonds is 5. The molecular weight excluding hydrogens is 513 g/mol. The summed E-state index contributed by atoms with van der Waals surface area (Å²) in [6, 6.07) is 12.6. The maximum Gasteiger partial charge on any atom is 0.420 e. The van der Waals surface area contributed by atoms with Crippen LogP contribution in [0.25, 0.3) is 22.2 Å². The monoisotopic (exact) mass is 533 g/mol. The van der Waals surface area contributed by atoms with Crippen molar-refractivity contribution in [1.82, 2.24) is 14.5 Å². The Kier molecular flexibility index (Phi) is 7.12. The summed E-state index contributed by atoms with van der Waals surface area (Å²) < 4.78 is 18.1. The fourth-order valence-corrected chi connectivity index (χ4v) is 3.97. The Morgan fingerprint density at radius 3 is 2.37 bits per heavy atom. The second-order valence-electron chi connectivity index (χ2n) is 8.63. The summed E-state index contributed by atoms with van der Waals surface area (Å²) in [7, 11) is 1.60. The molecule has 7 nitrogen and oxygen atoms in total. The molecule has 2 aromatic carbocycles. The van der Waals surface area contributed by atoms with E-state index in [0.29, 0.717) is 26.6 Å².